The lowest BCUT2D eigenvalue weighted by Gasteiger charge is -2.26. The minimum absolute atomic E-state index is 0.132. The van der Waals surface area contributed by atoms with Gasteiger partial charge in [0.05, 0.1) is 6.04 Å². The highest BCUT2D eigenvalue weighted by Gasteiger charge is 2.35. The number of nitrogens with two attached hydrogens (primary N) is 1. The maximum atomic E-state index is 11.7. The minimum atomic E-state index is -0.544. The largest absolute Gasteiger partial charge is 0.444 e. The summed E-state index contributed by atoms with van der Waals surface area (Å²) >= 11 is 0. The zero-order valence-corrected chi connectivity index (χ0v) is 16.9. The van der Waals surface area contributed by atoms with Gasteiger partial charge in [-0.3, -0.25) is 4.90 Å². The summed E-state index contributed by atoms with van der Waals surface area (Å²) in [4.78, 5) is 23.8. The number of aldehydes is 1. The number of hydrogen-bond donors (Lipinski definition) is 2. The SMILES string of the molecule is CC(C)(C)OC(=O)N1CC(N)CC1C=O.CNC1CCCc2ccccc21. The van der Waals surface area contributed by atoms with Crippen molar-refractivity contribution in [2.45, 2.75) is 70.2 Å². The predicted molar refractivity (Wildman–Crippen MR) is 107 cm³/mol. The first-order chi connectivity index (χ1) is 12.7. The number of amides is 1. The molecule has 3 N–H and O–H groups in total. The molecule has 1 aromatic carbocycles. The zero-order chi connectivity index (χ0) is 20.0. The van der Waals surface area contributed by atoms with Crippen LogP contribution in [0.25, 0.3) is 0 Å². The van der Waals surface area contributed by atoms with Crippen molar-refractivity contribution in [3.05, 3.63) is 35.4 Å². The molecule has 1 fully saturated rings. The average molecular weight is 376 g/mol. The van der Waals surface area contributed by atoms with Gasteiger partial charge in [-0.25, -0.2) is 4.79 Å². The number of nitrogens with one attached hydrogen (secondary N) is 1. The normalized spacial score (nSPS) is 24.5. The van der Waals surface area contributed by atoms with Crippen molar-refractivity contribution in [2.75, 3.05) is 13.6 Å². The molecule has 0 spiro atoms. The smallest absolute Gasteiger partial charge is 0.410 e. The third-order valence-electron chi connectivity index (χ3n) is 4.88. The van der Waals surface area contributed by atoms with Gasteiger partial charge in [-0.05, 0) is 64.6 Å². The lowest BCUT2D eigenvalue weighted by molar-refractivity contribution is -0.111. The molecule has 1 aromatic rings. The monoisotopic (exact) mass is 375 g/mol. The topological polar surface area (TPSA) is 84.7 Å². The van der Waals surface area contributed by atoms with Crippen LogP contribution in [0.15, 0.2) is 24.3 Å². The molecule has 27 heavy (non-hydrogen) atoms. The van der Waals surface area contributed by atoms with Crippen molar-refractivity contribution in [1.82, 2.24) is 10.2 Å². The summed E-state index contributed by atoms with van der Waals surface area (Å²) < 4.78 is 5.17. The Morgan fingerprint density at radius 1 is 1.33 bits per heavy atom. The second kappa shape index (κ2) is 9.33. The Balaban J connectivity index is 0.000000198. The van der Waals surface area contributed by atoms with Crippen LogP contribution >= 0.6 is 0 Å². The standard InChI is InChI=1S/C11H15N.C10H18N2O3/c1-12-11-8-4-6-9-5-2-3-7-10(9)11;1-10(2,3)15-9(14)12-5-7(11)4-8(12)6-13/h2-3,5,7,11-12H,4,6,8H2,1H3;6-8H,4-5,11H2,1-3H3. The summed E-state index contributed by atoms with van der Waals surface area (Å²) in [6.07, 6.45) is 4.66. The van der Waals surface area contributed by atoms with E-state index in [1.807, 2.05) is 7.05 Å². The summed E-state index contributed by atoms with van der Waals surface area (Å²) in [6.45, 7) is 5.75. The highest BCUT2D eigenvalue weighted by Crippen LogP contribution is 2.28. The Kier molecular flexibility index (Phi) is 7.39. The van der Waals surface area contributed by atoms with Crippen LogP contribution in [0.5, 0.6) is 0 Å². The third-order valence-corrected chi connectivity index (χ3v) is 4.88. The van der Waals surface area contributed by atoms with E-state index in [2.05, 4.69) is 29.6 Å². The highest BCUT2D eigenvalue weighted by atomic mass is 16.6. The summed E-state index contributed by atoms with van der Waals surface area (Å²) in [5.41, 5.74) is 8.18. The first-order valence-corrected chi connectivity index (χ1v) is 9.70. The lowest BCUT2D eigenvalue weighted by Crippen LogP contribution is -2.41. The molecule has 0 saturated carbocycles. The van der Waals surface area contributed by atoms with E-state index in [-0.39, 0.29) is 6.04 Å². The first kappa shape index (κ1) is 21.4. The Morgan fingerprint density at radius 2 is 2.04 bits per heavy atom. The molecule has 3 atom stereocenters. The summed E-state index contributed by atoms with van der Waals surface area (Å²) in [5.74, 6) is 0. The maximum absolute atomic E-state index is 11.7. The van der Waals surface area contributed by atoms with Crippen molar-refractivity contribution in [3.63, 3.8) is 0 Å². The van der Waals surface area contributed by atoms with Gasteiger partial charge in [0.15, 0.2) is 0 Å². The Hall–Kier alpha value is -1.92. The van der Waals surface area contributed by atoms with Gasteiger partial charge in [0, 0.05) is 18.6 Å². The second-order valence-electron chi connectivity index (χ2n) is 8.26. The number of likely N-dealkylation sites (tertiary alicyclic amines) is 1. The summed E-state index contributed by atoms with van der Waals surface area (Å²) in [7, 11) is 2.05. The highest BCUT2D eigenvalue weighted by molar-refractivity contribution is 5.74. The molecule has 0 bridgehead atoms. The molecule has 1 amide bonds. The average Bonchev–Trinajstić information content (AvgIpc) is 3.01. The van der Waals surface area contributed by atoms with Gasteiger partial charge in [0.2, 0.25) is 0 Å². The fraction of sp³-hybridized carbons (Fsp3) is 0.619. The fourth-order valence-electron chi connectivity index (χ4n) is 3.61. The molecule has 150 valence electrons. The predicted octanol–water partition coefficient (Wildman–Crippen LogP) is 2.81. The van der Waals surface area contributed by atoms with Crippen LogP contribution in [0.3, 0.4) is 0 Å². The zero-order valence-electron chi connectivity index (χ0n) is 16.9. The summed E-state index contributed by atoms with van der Waals surface area (Å²) in [6, 6.07) is 8.79. The number of nitrogens with zero attached hydrogens (tertiary/aromatic N) is 1. The number of ether oxygens (including phenoxy) is 1. The van der Waals surface area contributed by atoms with E-state index in [0.29, 0.717) is 19.0 Å². The van der Waals surface area contributed by atoms with E-state index in [0.717, 1.165) is 6.29 Å². The van der Waals surface area contributed by atoms with Crippen LogP contribution in [0, 0.1) is 0 Å². The van der Waals surface area contributed by atoms with Gasteiger partial charge in [-0.15, -0.1) is 0 Å². The Bertz CT molecular complexity index is 642. The van der Waals surface area contributed by atoms with Crippen LogP contribution < -0.4 is 11.1 Å². The van der Waals surface area contributed by atoms with E-state index < -0.39 is 17.7 Å². The van der Waals surface area contributed by atoms with E-state index >= 15 is 0 Å². The molecule has 1 aliphatic heterocycles. The fourth-order valence-corrected chi connectivity index (χ4v) is 3.61. The molecule has 3 rings (SSSR count). The van der Waals surface area contributed by atoms with Gasteiger partial charge in [-0.2, -0.15) is 0 Å². The molecule has 6 heteroatoms. The van der Waals surface area contributed by atoms with Crippen molar-refractivity contribution in [3.8, 4) is 0 Å². The quantitative estimate of drug-likeness (QED) is 0.777. The number of carbonyl (C=O) groups is 2. The van der Waals surface area contributed by atoms with Crippen LogP contribution in [0.2, 0.25) is 0 Å². The van der Waals surface area contributed by atoms with E-state index in [1.165, 1.54) is 35.3 Å². The van der Waals surface area contributed by atoms with E-state index in [1.54, 1.807) is 20.8 Å². The molecule has 6 nitrogen and oxygen atoms in total. The van der Waals surface area contributed by atoms with Gasteiger partial charge in [-0.1, -0.05) is 24.3 Å². The first-order valence-electron chi connectivity index (χ1n) is 9.70. The lowest BCUT2D eigenvalue weighted by atomic mass is 9.88. The number of aryl methyl sites for hydroxylation is 1. The van der Waals surface area contributed by atoms with Crippen LogP contribution in [0.4, 0.5) is 4.79 Å². The Morgan fingerprint density at radius 3 is 2.67 bits per heavy atom. The van der Waals surface area contributed by atoms with Gasteiger partial charge in [0.25, 0.3) is 0 Å². The van der Waals surface area contributed by atoms with Crippen LogP contribution in [-0.2, 0) is 16.0 Å². The number of hydrogen-bond acceptors (Lipinski definition) is 5. The molecular formula is C21H33N3O3. The number of fused-ring (bicyclic) bond motifs is 1. The second-order valence-corrected chi connectivity index (χ2v) is 8.26. The number of benzene rings is 1. The van der Waals surface area contributed by atoms with Crippen LogP contribution in [0.1, 0.15) is 57.2 Å². The molecule has 1 saturated heterocycles. The van der Waals surface area contributed by atoms with Crippen LogP contribution in [-0.4, -0.2) is 48.6 Å². The molecule has 0 radical (unpaired) electrons. The van der Waals surface area contributed by atoms with Gasteiger partial charge in [0.1, 0.15) is 11.9 Å². The van der Waals surface area contributed by atoms with E-state index in [4.69, 9.17) is 10.5 Å². The van der Waals surface area contributed by atoms with Crippen molar-refractivity contribution >= 4 is 12.4 Å². The molecule has 1 aliphatic carbocycles. The van der Waals surface area contributed by atoms with Crippen molar-refractivity contribution < 1.29 is 14.3 Å². The molecule has 1 heterocycles. The molecule has 2 aliphatic rings. The van der Waals surface area contributed by atoms with Crippen molar-refractivity contribution in [2.24, 2.45) is 5.73 Å². The van der Waals surface area contributed by atoms with Gasteiger partial charge < -0.3 is 20.6 Å². The van der Waals surface area contributed by atoms with Gasteiger partial charge >= 0.3 is 6.09 Å². The number of carbonyl (C=O) groups excluding carboxylic acids is 2. The number of rotatable bonds is 2. The third kappa shape index (κ3) is 6.04. The molecule has 3 unspecified atom stereocenters. The summed E-state index contributed by atoms with van der Waals surface area (Å²) in [5, 5.41) is 3.36. The minimum Gasteiger partial charge on any atom is -0.444 e. The molecule has 0 aromatic heterocycles. The maximum Gasteiger partial charge on any atom is 0.410 e. The van der Waals surface area contributed by atoms with Crippen molar-refractivity contribution in [1.29, 1.82) is 0 Å². The van der Waals surface area contributed by atoms with E-state index in [9.17, 15) is 9.59 Å². The Labute approximate surface area is 162 Å². The molecular weight excluding hydrogens is 342 g/mol.